The molecule has 0 aliphatic rings. The molecule has 0 aliphatic heterocycles. The Labute approximate surface area is 70.8 Å². The van der Waals surface area contributed by atoms with E-state index in [0.29, 0.717) is 6.61 Å². The molecule has 1 unspecified atom stereocenters. The molecule has 0 N–H and O–H groups in total. The molecule has 0 saturated heterocycles. The maximum atomic E-state index is 10.3. The highest BCUT2D eigenvalue weighted by atomic mass is 35.7. The number of benzene rings is 1. The molecule has 0 heterocycles. The molecule has 0 amide bonds. The van der Waals surface area contributed by atoms with Gasteiger partial charge in [0, 0.05) is 0 Å². The maximum Gasteiger partial charge on any atom is 0.634 e. The van der Waals surface area contributed by atoms with Crippen molar-refractivity contribution >= 4 is 18.6 Å². The summed E-state index contributed by atoms with van der Waals surface area (Å²) in [6.45, 7) is 0.305. The first kappa shape index (κ1) is 8.66. The molecule has 0 spiro atoms. The number of halogens is 1. The van der Waals surface area contributed by atoms with E-state index in [1.54, 1.807) is 0 Å². The lowest BCUT2D eigenvalue weighted by Gasteiger charge is -1.90. The fourth-order valence-electron chi connectivity index (χ4n) is 0.700. The highest BCUT2D eigenvalue weighted by Crippen LogP contribution is 2.28. The van der Waals surface area contributed by atoms with Gasteiger partial charge in [-0.25, -0.2) is 0 Å². The predicted octanol–water partition coefficient (Wildman–Crippen LogP) is 3.10. The van der Waals surface area contributed by atoms with E-state index >= 15 is 0 Å². The third-order valence-corrected chi connectivity index (χ3v) is 1.80. The second-order valence-electron chi connectivity index (χ2n) is 1.97. The fourth-order valence-corrected chi connectivity index (χ4v) is 1.10. The van der Waals surface area contributed by atoms with Crippen molar-refractivity contribution in [1.29, 1.82) is 0 Å². The third kappa shape index (κ3) is 3.47. The molecule has 0 fully saturated rings. The van der Waals surface area contributed by atoms with Crippen molar-refractivity contribution in [1.82, 2.24) is 0 Å². The Bertz CT molecular complexity index is 237. The van der Waals surface area contributed by atoms with Gasteiger partial charge in [-0.15, -0.1) is 4.52 Å². The van der Waals surface area contributed by atoms with Crippen LogP contribution in [0.25, 0.3) is 0 Å². The van der Waals surface area contributed by atoms with Gasteiger partial charge < -0.3 is 0 Å². The number of hydrogen-bond acceptors (Lipinski definition) is 2. The average molecular weight is 190 g/mol. The van der Waals surface area contributed by atoms with Crippen molar-refractivity contribution < 1.29 is 9.09 Å². The van der Waals surface area contributed by atoms with Gasteiger partial charge in [-0.2, -0.15) is 0 Å². The smallest absolute Gasteiger partial charge is 0.126 e. The summed E-state index contributed by atoms with van der Waals surface area (Å²) in [5.41, 5.74) is 0.969. The van der Waals surface area contributed by atoms with Crippen molar-refractivity contribution in [2.45, 2.75) is 6.61 Å². The van der Waals surface area contributed by atoms with Crippen LogP contribution in [0.5, 0.6) is 0 Å². The number of rotatable bonds is 3. The van der Waals surface area contributed by atoms with Crippen LogP contribution >= 0.6 is 18.6 Å². The van der Waals surface area contributed by atoms with Crippen molar-refractivity contribution in [2.75, 3.05) is 0 Å². The van der Waals surface area contributed by atoms with Crippen LogP contribution in [0, 0.1) is 0 Å². The van der Waals surface area contributed by atoms with Crippen molar-refractivity contribution in [3.8, 4) is 0 Å². The highest BCUT2D eigenvalue weighted by molar-refractivity contribution is 7.69. The summed E-state index contributed by atoms with van der Waals surface area (Å²) in [6, 6.07) is 9.45. The molecule has 2 nitrogen and oxygen atoms in total. The van der Waals surface area contributed by atoms with E-state index < -0.39 is 7.38 Å². The molecule has 1 aromatic rings. The molecule has 1 rings (SSSR count). The molecule has 0 aliphatic carbocycles. The molecule has 1 atom stereocenters. The van der Waals surface area contributed by atoms with E-state index in [0.717, 1.165) is 5.56 Å². The second-order valence-corrected chi connectivity index (χ2v) is 3.48. The topological polar surface area (TPSA) is 26.3 Å². The molecular weight excluding hydrogens is 183 g/mol. The standard InChI is InChI=1S/C7H7ClO2P/c8-11(9)10-6-7-4-2-1-3-5-7/h1-5H,6H2/q+1. The first-order chi connectivity index (χ1) is 5.29. The Morgan fingerprint density at radius 2 is 2.00 bits per heavy atom. The van der Waals surface area contributed by atoms with Gasteiger partial charge in [0.15, 0.2) is 0 Å². The Balaban J connectivity index is 2.45. The van der Waals surface area contributed by atoms with Gasteiger partial charge in [0.25, 0.3) is 0 Å². The Hall–Kier alpha value is -0.430. The van der Waals surface area contributed by atoms with Crippen molar-refractivity contribution in [3.63, 3.8) is 0 Å². The minimum absolute atomic E-state index is 0.305. The second kappa shape index (κ2) is 4.45. The van der Waals surface area contributed by atoms with Crippen molar-refractivity contribution in [3.05, 3.63) is 35.9 Å². The van der Waals surface area contributed by atoms with Gasteiger partial charge in [-0.1, -0.05) is 30.3 Å². The summed E-state index contributed by atoms with van der Waals surface area (Å²) in [5.74, 6) is 0. The molecule has 0 saturated carbocycles. The zero-order valence-corrected chi connectivity index (χ0v) is 7.39. The van der Waals surface area contributed by atoms with Crippen LogP contribution in [0.4, 0.5) is 0 Å². The van der Waals surface area contributed by atoms with E-state index in [1.165, 1.54) is 0 Å². The van der Waals surface area contributed by atoms with Gasteiger partial charge >= 0.3 is 7.38 Å². The predicted molar refractivity (Wildman–Crippen MR) is 44.7 cm³/mol. The zero-order chi connectivity index (χ0) is 8.10. The third-order valence-electron chi connectivity index (χ3n) is 1.18. The van der Waals surface area contributed by atoms with Gasteiger partial charge in [0.05, 0.1) is 0 Å². The molecule has 11 heavy (non-hydrogen) atoms. The number of hydrogen-bond donors (Lipinski definition) is 0. The minimum atomic E-state index is -2.00. The lowest BCUT2D eigenvalue weighted by atomic mass is 10.2. The first-order valence-electron chi connectivity index (χ1n) is 3.09. The summed E-state index contributed by atoms with van der Waals surface area (Å²) in [4.78, 5) is 0. The van der Waals surface area contributed by atoms with Crippen LogP contribution in [0.3, 0.4) is 0 Å². The van der Waals surface area contributed by atoms with Crippen LogP contribution in [0.2, 0.25) is 0 Å². The highest BCUT2D eigenvalue weighted by Gasteiger charge is 2.11. The van der Waals surface area contributed by atoms with Gasteiger partial charge in [0.2, 0.25) is 11.2 Å². The normalized spacial score (nSPS) is 11.2. The molecular formula is C7H7ClO2P+. The lowest BCUT2D eigenvalue weighted by molar-refractivity contribution is 0.328. The minimum Gasteiger partial charge on any atom is -0.126 e. The molecule has 0 aromatic heterocycles. The van der Waals surface area contributed by atoms with Gasteiger partial charge in [0.1, 0.15) is 6.61 Å². The van der Waals surface area contributed by atoms with Crippen LogP contribution < -0.4 is 0 Å². The zero-order valence-electron chi connectivity index (χ0n) is 5.74. The van der Waals surface area contributed by atoms with Crippen LogP contribution in [-0.2, 0) is 15.7 Å². The summed E-state index contributed by atoms with van der Waals surface area (Å²) >= 11 is 5.11. The van der Waals surface area contributed by atoms with E-state index in [1.807, 2.05) is 30.3 Å². The Morgan fingerprint density at radius 3 is 2.55 bits per heavy atom. The van der Waals surface area contributed by atoms with E-state index in [-0.39, 0.29) is 0 Å². The Kier molecular flexibility index (Phi) is 3.50. The largest absolute Gasteiger partial charge is 0.634 e. The molecule has 58 valence electrons. The molecule has 1 aromatic carbocycles. The molecule has 0 bridgehead atoms. The first-order valence-corrected chi connectivity index (χ1v) is 5.17. The SMILES string of the molecule is O=[P+](Cl)OCc1ccccc1. The molecule has 4 heteroatoms. The maximum absolute atomic E-state index is 10.3. The van der Waals surface area contributed by atoms with Crippen molar-refractivity contribution in [2.24, 2.45) is 0 Å². The summed E-state index contributed by atoms with van der Waals surface area (Å²) in [7, 11) is -2.00. The average Bonchev–Trinajstić information content (AvgIpc) is 2.03. The summed E-state index contributed by atoms with van der Waals surface area (Å²) in [5, 5.41) is 0. The van der Waals surface area contributed by atoms with E-state index in [9.17, 15) is 4.57 Å². The summed E-state index contributed by atoms with van der Waals surface area (Å²) < 4.78 is 15.0. The Morgan fingerprint density at radius 1 is 1.36 bits per heavy atom. The van der Waals surface area contributed by atoms with E-state index in [4.69, 9.17) is 15.8 Å². The quantitative estimate of drug-likeness (QED) is 0.683. The lowest BCUT2D eigenvalue weighted by Crippen LogP contribution is -1.82. The fraction of sp³-hybridized carbons (Fsp3) is 0.143. The van der Waals surface area contributed by atoms with E-state index in [2.05, 4.69) is 0 Å². The van der Waals surface area contributed by atoms with Crippen LogP contribution in [-0.4, -0.2) is 0 Å². The van der Waals surface area contributed by atoms with Gasteiger partial charge in [-0.05, 0) is 10.1 Å². The van der Waals surface area contributed by atoms with Crippen LogP contribution in [0.15, 0.2) is 30.3 Å². The van der Waals surface area contributed by atoms with Gasteiger partial charge in [-0.3, -0.25) is 0 Å². The summed E-state index contributed by atoms with van der Waals surface area (Å²) in [6.07, 6.45) is 0. The monoisotopic (exact) mass is 189 g/mol. The molecule has 0 radical (unpaired) electrons. The van der Waals surface area contributed by atoms with Crippen LogP contribution in [0.1, 0.15) is 5.56 Å².